The van der Waals surface area contributed by atoms with Gasteiger partial charge in [-0.25, -0.2) is 0 Å². The molecular weight excluding hydrogens is 359 g/mol. The molecule has 9 heteroatoms. The number of likely N-dealkylation sites (N-methyl/N-ethyl adjacent to an activating group) is 1. The largest absolute Gasteiger partial charge is 0.490 e. The number of anilines is 1. The molecule has 24 heavy (non-hydrogen) atoms. The van der Waals surface area contributed by atoms with Crippen LogP contribution in [0.15, 0.2) is 12.1 Å². The van der Waals surface area contributed by atoms with Crippen LogP contribution in [-0.2, 0) is 9.59 Å². The van der Waals surface area contributed by atoms with Crippen LogP contribution in [0.2, 0.25) is 5.02 Å². The molecule has 7 nitrogen and oxygen atoms in total. The lowest BCUT2D eigenvalue weighted by atomic mass is 10.2. The van der Waals surface area contributed by atoms with Crippen LogP contribution in [0.4, 0.5) is 5.69 Å². The summed E-state index contributed by atoms with van der Waals surface area (Å²) in [4.78, 5) is 24.4. The zero-order valence-corrected chi connectivity index (χ0v) is 14.9. The first-order valence-corrected chi connectivity index (χ1v) is 7.58. The molecule has 1 unspecified atom stereocenters. The highest BCUT2D eigenvalue weighted by Gasteiger charge is 2.20. The van der Waals surface area contributed by atoms with Crippen LogP contribution in [0, 0.1) is 0 Å². The number of amides is 1. The molecule has 0 bridgehead atoms. The van der Waals surface area contributed by atoms with Crippen molar-refractivity contribution in [1.29, 1.82) is 0 Å². The maximum atomic E-state index is 12.1. The number of hydrogen-bond donors (Lipinski definition) is 2. The van der Waals surface area contributed by atoms with E-state index in [9.17, 15) is 9.59 Å². The van der Waals surface area contributed by atoms with Gasteiger partial charge in [-0.15, -0.1) is 12.4 Å². The zero-order valence-electron chi connectivity index (χ0n) is 13.4. The number of nitrogens with one attached hydrogen (secondary N) is 1. The Labute approximate surface area is 151 Å². The Bertz CT molecular complexity index is 612. The fraction of sp³-hybridized carbons (Fsp3) is 0.467. The lowest BCUT2D eigenvalue weighted by Crippen LogP contribution is -2.40. The topological polar surface area (TPSA) is 88.1 Å². The maximum Gasteiger partial charge on any atom is 0.320 e. The Morgan fingerprint density at radius 3 is 2.50 bits per heavy atom. The van der Waals surface area contributed by atoms with E-state index in [0.717, 1.165) is 6.42 Å². The minimum atomic E-state index is -0.992. The lowest BCUT2D eigenvalue weighted by molar-refractivity contribution is -0.142. The molecule has 0 spiro atoms. The highest BCUT2D eigenvalue weighted by Crippen LogP contribution is 2.37. The van der Waals surface area contributed by atoms with Crippen LogP contribution < -0.4 is 14.8 Å². The molecule has 0 aliphatic carbocycles. The molecule has 1 aliphatic heterocycles. The van der Waals surface area contributed by atoms with Crippen LogP contribution >= 0.6 is 24.0 Å². The summed E-state index contributed by atoms with van der Waals surface area (Å²) >= 11 is 6.15. The Balaban J connectivity index is 0.00000288. The minimum Gasteiger partial charge on any atom is -0.490 e. The molecule has 1 heterocycles. The number of carboxylic acid groups (broad SMARTS) is 1. The lowest BCUT2D eigenvalue weighted by Gasteiger charge is -2.20. The van der Waals surface area contributed by atoms with Crippen molar-refractivity contribution in [3.05, 3.63) is 17.2 Å². The van der Waals surface area contributed by atoms with Gasteiger partial charge in [0.15, 0.2) is 11.5 Å². The number of rotatable bonds is 5. The molecule has 1 aromatic carbocycles. The van der Waals surface area contributed by atoms with E-state index >= 15 is 0 Å². The van der Waals surface area contributed by atoms with Gasteiger partial charge in [0.2, 0.25) is 5.91 Å². The fourth-order valence-electron chi connectivity index (χ4n) is 2.02. The third-order valence-corrected chi connectivity index (χ3v) is 3.84. The SMILES string of the molecule is CC(C(=O)O)N(C)CC(=O)Nc1cc2c(cc1Cl)OCCCO2.Cl. The molecule has 1 aromatic rings. The third-order valence-electron chi connectivity index (χ3n) is 3.52. The summed E-state index contributed by atoms with van der Waals surface area (Å²) in [5.74, 6) is -0.289. The van der Waals surface area contributed by atoms with Crippen molar-refractivity contribution >= 4 is 41.6 Å². The van der Waals surface area contributed by atoms with Gasteiger partial charge >= 0.3 is 5.97 Å². The average Bonchev–Trinajstić information content (AvgIpc) is 2.71. The quantitative estimate of drug-likeness (QED) is 0.816. The van der Waals surface area contributed by atoms with Crippen molar-refractivity contribution < 1.29 is 24.2 Å². The van der Waals surface area contributed by atoms with Gasteiger partial charge in [-0.2, -0.15) is 0 Å². The van der Waals surface area contributed by atoms with E-state index < -0.39 is 12.0 Å². The zero-order chi connectivity index (χ0) is 17.0. The molecule has 0 saturated heterocycles. The summed E-state index contributed by atoms with van der Waals surface area (Å²) in [6.07, 6.45) is 0.770. The molecule has 0 radical (unpaired) electrons. The van der Waals surface area contributed by atoms with Gasteiger partial charge in [0.25, 0.3) is 0 Å². The summed E-state index contributed by atoms with van der Waals surface area (Å²) in [7, 11) is 1.56. The summed E-state index contributed by atoms with van der Waals surface area (Å²) in [6, 6.07) is 2.45. The molecule has 0 aromatic heterocycles. The Morgan fingerprint density at radius 1 is 1.33 bits per heavy atom. The van der Waals surface area contributed by atoms with Crippen molar-refractivity contribution in [1.82, 2.24) is 4.90 Å². The molecular formula is C15H20Cl2N2O5. The first-order chi connectivity index (χ1) is 10.9. The molecule has 0 fully saturated rings. The van der Waals surface area contributed by atoms with Gasteiger partial charge in [-0.3, -0.25) is 14.5 Å². The number of hydrogen-bond acceptors (Lipinski definition) is 5. The van der Waals surface area contributed by atoms with Gasteiger partial charge in [-0.05, 0) is 14.0 Å². The van der Waals surface area contributed by atoms with Gasteiger partial charge < -0.3 is 19.9 Å². The van der Waals surface area contributed by atoms with Gasteiger partial charge in [0.05, 0.1) is 30.5 Å². The van der Waals surface area contributed by atoms with E-state index in [0.29, 0.717) is 35.4 Å². The fourth-order valence-corrected chi connectivity index (χ4v) is 2.22. The predicted molar refractivity (Wildman–Crippen MR) is 92.7 cm³/mol. The van der Waals surface area contributed by atoms with E-state index in [1.807, 2.05) is 0 Å². The van der Waals surface area contributed by atoms with Crippen molar-refractivity contribution in [3.8, 4) is 11.5 Å². The standard InChI is InChI=1S/C15H19ClN2O5.ClH/c1-9(15(20)21)18(2)8-14(19)17-11-7-13-12(6-10(11)16)22-4-3-5-23-13;/h6-7,9H,3-5,8H2,1-2H3,(H,17,19)(H,20,21);1H. The first-order valence-electron chi connectivity index (χ1n) is 7.20. The van der Waals surface area contributed by atoms with E-state index in [4.69, 9.17) is 26.2 Å². The van der Waals surface area contributed by atoms with Crippen LogP contribution in [0.25, 0.3) is 0 Å². The molecule has 134 valence electrons. The van der Waals surface area contributed by atoms with E-state index in [1.165, 1.54) is 11.8 Å². The summed E-state index contributed by atoms with van der Waals surface area (Å²) in [5, 5.41) is 11.9. The first kappa shape index (κ1) is 20.3. The molecule has 2 N–H and O–H groups in total. The molecule has 1 atom stereocenters. The van der Waals surface area contributed by atoms with Crippen molar-refractivity contribution in [3.63, 3.8) is 0 Å². The number of halogens is 2. The summed E-state index contributed by atoms with van der Waals surface area (Å²) < 4.78 is 11.1. The Kier molecular flexibility index (Phi) is 7.59. The van der Waals surface area contributed by atoms with Crippen LogP contribution in [0.5, 0.6) is 11.5 Å². The number of aliphatic carboxylic acids is 1. The number of carboxylic acids is 1. The summed E-state index contributed by atoms with van der Waals surface area (Å²) in [5.41, 5.74) is 0.400. The molecule has 1 aliphatic rings. The Hall–Kier alpha value is -1.70. The molecule has 0 saturated carbocycles. The van der Waals surface area contributed by atoms with Crippen LogP contribution in [0.1, 0.15) is 13.3 Å². The number of ether oxygens (including phenoxy) is 2. The molecule has 1 amide bonds. The van der Waals surface area contributed by atoms with Crippen molar-refractivity contribution in [2.24, 2.45) is 0 Å². The van der Waals surface area contributed by atoms with Crippen molar-refractivity contribution in [2.45, 2.75) is 19.4 Å². The molecule has 2 rings (SSSR count). The predicted octanol–water partition coefficient (Wildman–Crippen LogP) is 2.27. The second kappa shape index (κ2) is 8.96. The number of carbonyl (C=O) groups excluding carboxylic acids is 1. The van der Waals surface area contributed by atoms with Gasteiger partial charge in [-0.1, -0.05) is 11.6 Å². The number of benzene rings is 1. The second-order valence-electron chi connectivity index (χ2n) is 5.31. The maximum absolute atomic E-state index is 12.1. The normalized spacial score (nSPS) is 14.3. The van der Waals surface area contributed by atoms with E-state index in [-0.39, 0.29) is 24.9 Å². The van der Waals surface area contributed by atoms with Crippen LogP contribution in [-0.4, -0.2) is 54.7 Å². The van der Waals surface area contributed by atoms with Gasteiger partial charge in [0, 0.05) is 18.6 Å². The highest BCUT2D eigenvalue weighted by molar-refractivity contribution is 6.34. The van der Waals surface area contributed by atoms with Crippen LogP contribution in [0.3, 0.4) is 0 Å². The number of nitrogens with zero attached hydrogens (tertiary/aromatic N) is 1. The second-order valence-corrected chi connectivity index (χ2v) is 5.71. The van der Waals surface area contributed by atoms with E-state index in [1.54, 1.807) is 19.2 Å². The Morgan fingerprint density at radius 2 is 1.92 bits per heavy atom. The number of fused-ring (bicyclic) bond motifs is 1. The monoisotopic (exact) mass is 378 g/mol. The van der Waals surface area contributed by atoms with Gasteiger partial charge in [0.1, 0.15) is 6.04 Å². The smallest absolute Gasteiger partial charge is 0.320 e. The average molecular weight is 379 g/mol. The summed E-state index contributed by atoms with van der Waals surface area (Å²) in [6.45, 7) is 2.52. The third kappa shape index (κ3) is 5.15. The minimum absolute atomic E-state index is 0. The number of carbonyl (C=O) groups is 2. The van der Waals surface area contributed by atoms with E-state index in [2.05, 4.69) is 5.32 Å². The highest BCUT2D eigenvalue weighted by atomic mass is 35.5. The van der Waals surface area contributed by atoms with Crippen molar-refractivity contribution in [2.75, 3.05) is 32.1 Å².